The van der Waals surface area contributed by atoms with Gasteiger partial charge in [0.2, 0.25) is 0 Å². The maximum absolute atomic E-state index is 12.8. The Morgan fingerprint density at radius 2 is 1.23 bits per heavy atom. The molecular formula is C33H31NO7S2. The van der Waals surface area contributed by atoms with Gasteiger partial charge in [-0.05, 0) is 57.6 Å². The number of ether oxygens (including phenoxy) is 2. The third kappa shape index (κ3) is 6.93. The van der Waals surface area contributed by atoms with Gasteiger partial charge in [-0.3, -0.25) is 8.42 Å². The van der Waals surface area contributed by atoms with Gasteiger partial charge in [-0.1, -0.05) is 72.8 Å². The molecule has 2 unspecified atom stereocenters. The van der Waals surface area contributed by atoms with Crippen LogP contribution in [0.3, 0.4) is 0 Å². The second-order valence-electron chi connectivity index (χ2n) is 10.1. The lowest BCUT2D eigenvalue weighted by molar-refractivity contribution is -0.141. The van der Waals surface area contributed by atoms with Crippen molar-refractivity contribution < 1.29 is 32.6 Å². The van der Waals surface area contributed by atoms with Crippen LogP contribution in [0.15, 0.2) is 107 Å². The van der Waals surface area contributed by atoms with E-state index >= 15 is 0 Å². The molecule has 8 nitrogen and oxygen atoms in total. The van der Waals surface area contributed by atoms with Crippen LogP contribution >= 0.6 is 0 Å². The lowest BCUT2D eigenvalue weighted by Gasteiger charge is -2.23. The summed E-state index contributed by atoms with van der Waals surface area (Å²) in [6.45, 7) is -0.306. The second kappa shape index (κ2) is 13.5. The lowest BCUT2D eigenvalue weighted by Crippen LogP contribution is -2.44. The Balaban J connectivity index is 1.28. The number of hydrogen-bond donors (Lipinski definition) is 2. The van der Waals surface area contributed by atoms with E-state index in [1.807, 2.05) is 48.5 Å². The first-order valence-electron chi connectivity index (χ1n) is 13.6. The minimum Gasteiger partial charge on any atom is -0.480 e. The topological polar surface area (TPSA) is 119 Å². The zero-order chi connectivity index (χ0) is 30.5. The molecule has 0 aromatic heterocycles. The van der Waals surface area contributed by atoms with Gasteiger partial charge in [0.25, 0.3) is 0 Å². The summed E-state index contributed by atoms with van der Waals surface area (Å²) in [6.07, 6.45) is 1.60. The molecule has 0 radical (unpaired) electrons. The summed E-state index contributed by atoms with van der Waals surface area (Å²) in [4.78, 5) is 26.2. The van der Waals surface area contributed by atoms with Crippen LogP contribution in [0, 0.1) is 0 Å². The number of aliphatic carboxylic acids is 1. The van der Waals surface area contributed by atoms with Crippen molar-refractivity contribution in [2.24, 2.45) is 0 Å². The zero-order valence-corrected chi connectivity index (χ0v) is 25.2. The van der Waals surface area contributed by atoms with Crippen LogP contribution in [0.4, 0.5) is 4.79 Å². The Hall–Kier alpha value is -4.12. The van der Waals surface area contributed by atoms with Gasteiger partial charge in [-0.15, -0.1) is 0 Å². The van der Waals surface area contributed by atoms with Gasteiger partial charge in [0.1, 0.15) is 12.7 Å². The monoisotopic (exact) mass is 617 g/mol. The first kappa shape index (κ1) is 30.3. The fourth-order valence-corrected chi connectivity index (χ4v) is 6.24. The Kier molecular flexibility index (Phi) is 9.49. The predicted molar refractivity (Wildman–Crippen MR) is 165 cm³/mol. The largest absolute Gasteiger partial charge is 0.480 e. The van der Waals surface area contributed by atoms with Gasteiger partial charge in [0, 0.05) is 49.8 Å². The zero-order valence-electron chi connectivity index (χ0n) is 23.6. The van der Waals surface area contributed by atoms with E-state index < -0.39 is 45.8 Å². The number of nitrogens with one attached hydrogen (secondary N) is 1. The predicted octanol–water partition coefficient (Wildman–Crippen LogP) is 5.26. The Morgan fingerprint density at radius 3 is 1.67 bits per heavy atom. The van der Waals surface area contributed by atoms with E-state index in [9.17, 15) is 23.1 Å². The molecule has 0 bridgehead atoms. The highest BCUT2D eigenvalue weighted by atomic mass is 32.2. The van der Waals surface area contributed by atoms with Crippen LogP contribution in [0.25, 0.3) is 11.1 Å². The van der Waals surface area contributed by atoms with Gasteiger partial charge in [-0.2, -0.15) is 0 Å². The van der Waals surface area contributed by atoms with Gasteiger partial charge in [-0.25, -0.2) is 9.59 Å². The number of carboxylic acid groups (broad SMARTS) is 1. The minimum atomic E-state index is -1.39. The molecule has 4 aromatic carbocycles. The number of carbonyl (C=O) groups is 2. The van der Waals surface area contributed by atoms with Crippen LogP contribution in [0.5, 0.6) is 0 Å². The van der Waals surface area contributed by atoms with Crippen LogP contribution in [0.1, 0.15) is 34.3 Å². The molecule has 0 heterocycles. The van der Waals surface area contributed by atoms with E-state index in [0.29, 0.717) is 20.9 Å². The van der Waals surface area contributed by atoms with Crippen LogP contribution in [-0.2, 0) is 35.9 Å². The number of fused-ring (bicyclic) bond motifs is 3. The van der Waals surface area contributed by atoms with E-state index in [4.69, 9.17) is 9.47 Å². The Labute approximate surface area is 255 Å². The average Bonchev–Trinajstić information content (AvgIpc) is 3.33. The molecule has 1 amide bonds. The highest BCUT2D eigenvalue weighted by Crippen LogP contribution is 2.44. The third-order valence-corrected chi connectivity index (χ3v) is 9.27. The van der Waals surface area contributed by atoms with Crippen molar-refractivity contribution in [3.05, 3.63) is 119 Å². The smallest absolute Gasteiger partial charge is 0.407 e. The van der Waals surface area contributed by atoms with E-state index in [-0.39, 0.29) is 19.1 Å². The molecule has 222 valence electrons. The summed E-state index contributed by atoms with van der Waals surface area (Å²) < 4.78 is 35.4. The maximum Gasteiger partial charge on any atom is 0.407 e. The van der Waals surface area contributed by atoms with Gasteiger partial charge in [0.15, 0.2) is 6.04 Å². The number of hydrogen-bond acceptors (Lipinski definition) is 6. The van der Waals surface area contributed by atoms with Crippen molar-refractivity contribution in [3.8, 4) is 11.1 Å². The number of amides is 1. The first-order chi connectivity index (χ1) is 20.7. The molecule has 0 aliphatic heterocycles. The van der Waals surface area contributed by atoms with E-state index in [1.165, 1.54) is 0 Å². The second-order valence-corrected chi connectivity index (χ2v) is 12.9. The number of carboxylic acids is 1. The molecule has 10 heteroatoms. The highest BCUT2D eigenvalue weighted by Gasteiger charge is 2.30. The van der Waals surface area contributed by atoms with Crippen molar-refractivity contribution in [2.45, 2.75) is 27.9 Å². The van der Waals surface area contributed by atoms with Crippen LogP contribution in [-0.4, -0.2) is 57.4 Å². The van der Waals surface area contributed by atoms with E-state index in [1.54, 1.807) is 61.0 Å². The molecule has 0 fully saturated rings. The fraction of sp³-hybridized carbons (Fsp3) is 0.212. The van der Waals surface area contributed by atoms with E-state index in [0.717, 1.165) is 22.3 Å². The van der Waals surface area contributed by atoms with Crippen molar-refractivity contribution >= 4 is 33.7 Å². The average molecular weight is 618 g/mol. The third-order valence-electron chi connectivity index (χ3n) is 7.39. The molecule has 43 heavy (non-hydrogen) atoms. The fourth-order valence-electron chi connectivity index (χ4n) is 5.20. The summed E-state index contributed by atoms with van der Waals surface area (Å²) >= 11 is 0. The summed E-state index contributed by atoms with van der Waals surface area (Å²) in [5, 5.41) is 12.3. The van der Waals surface area contributed by atoms with Crippen LogP contribution in [0.2, 0.25) is 0 Å². The molecule has 0 saturated carbocycles. The molecule has 1 aliphatic carbocycles. The van der Waals surface area contributed by atoms with Gasteiger partial charge < -0.3 is 19.9 Å². The molecule has 1 aliphatic rings. The normalized spacial score (nSPS) is 15.0. The van der Waals surface area contributed by atoms with Crippen molar-refractivity contribution in [1.29, 1.82) is 0 Å². The summed E-state index contributed by atoms with van der Waals surface area (Å²) in [5.74, 6) is -1.44. The Morgan fingerprint density at radius 1 is 0.767 bits per heavy atom. The van der Waals surface area contributed by atoms with Crippen molar-refractivity contribution in [2.75, 3.05) is 25.7 Å². The molecule has 2 N–H and O–H groups in total. The minimum absolute atomic E-state index is 0.0476. The molecular weight excluding hydrogens is 586 g/mol. The molecule has 0 saturated heterocycles. The lowest BCUT2D eigenvalue weighted by atomic mass is 9.98. The number of alkyl carbamates (subject to hydrolysis) is 1. The van der Waals surface area contributed by atoms with Gasteiger partial charge >= 0.3 is 12.1 Å². The number of carbonyl (C=O) groups excluding carboxylic acids is 1. The molecule has 3 atom stereocenters. The maximum atomic E-state index is 12.8. The SMILES string of the molecule is CS(=O)c1ccc(C(OC[C@H](NC(=O)OCC2c3ccccc3-c3ccccc32)C(=O)O)c2ccc(S(C)=O)cc2)cc1. The standard InChI is InChI=1S/C33H31NO7S2/c1-42(38)23-15-11-21(12-16-23)31(22-13-17-24(18-14-22)43(2)39)40-20-30(32(35)36)34-33(37)41-19-29-27-9-5-3-7-25(27)26-8-4-6-10-28(26)29/h3-18,29-31H,19-20H2,1-2H3,(H,34,37)(H,35,36)/t30-,31?,42?,43?/m0/s1. The summed E-state index contributed by atoms with van der Waals surface area (Å²) in [5.41, 5.74) is 5.68. The molecule has 0 spiro atoms. The van der Waals surface area contributed by atoms with Crippen molar-refractivity contribution in [3.63, 3.8) is 0 Å². The Bertz CT molecular complexity index is 1570. The van der Waals surface area contributed by atoms with Gasteiger partial charge in [0.05, 0.1) is 6.61 Å². The first-order valence-corrected chi connectivity index (χ1v) is 16.7. The number of benzene rings is 4. The quantitative estimate of drug-likeness (QED) is 0.236. The molecule has 4 aromatic rings. The van der Waals surface area contributed by atoms with E-state index in [2.05, 4.69) is 5.32 Å². The summed E-state index contributed by atoms with van der Waals surface area (Å²) in [6, 6.07) is 28.5. The highest BCUT2D eigenvalue weighted by molar-refractivity contribution is 7.84. The van der Waals surface area contributed by atoms with Crippen molar-refractivity contribution in [1.82, 2.24) is 5.32 Å². The number of rotatable bonds is 11. The molecule has 5 rings (SSSR count). The van der Waals surface area contributed by atoms with Crippen LogP contribution < -0.4 is 5.32 Å². The summed E-state index contributed by atoms with van der Waals surface area (Å²) in [7, 11) is -2.34.